The van der Waals surface area contributed by atoms with Crippen molar-refractivity contribution in [2.75, 3.05) is 6.54 Å². The number of nitrogens with one attached hydrogen (secondary N) is 1. The molecular formula is C13H27NO. The van der Waals surface area contributed by atoms with Gasteiger partial charge in [0.2, 0.25) is 0 Å². The molecule has 1 unspecified atom stereocenters. The lowest BCUT2D eigenvalue weighted by Crippen LogP contribution is -2.49. The van der Waals surface area contributed by atoms with E-state index in [9.17, 15) is 5.11 Å². The summed E-state index contributed by atoms with van der Waals surface area (Å²) >= 11 is 0. The van der Waals surface area contributed by atoms with Crippen molar-refractivity contribution in [1.82, 2.24) is 5.32 Å². The Labute approximate surface area is 94.5 Å². The minimum Gasteiger partial charge on any atom is -0.392 e. The van der Waals surface area contributed by atoms with Gasteiger partial charge in [0.15, 0.2) is 0 Å². The van der Waals surface area contributed by atoms with Gasteiger partial charge in [-0.25, -0.2) is 0 Å². The molecule has 15 heavy (non-hydrogen) atoms. The first-order valence-electron chi connectivity index (χ1n) is 6.45. The minimum atomic E-state index is -0.289. The van der Waals surface area contributed by atoms with Crippen LogP contribution in [0.2, 0.25) is 0 Å². The maximum absolute atomic E-state index is 9.60. The van der Waals surface area contributed by atoms with Crippen molar-refractivity contribution >= 4 is 0 Å². The molecule has 0 aliphatic heterocycles. The molecule has 1 saturated carbocycles. The van der Waals surface area contributed by atoms with Gasteiger partial charge in [-0.2, -0.15) is 0 Å². The first kappa shape index (κ1) is 13.0. The summed E-state index contributed by atoms with van der Waals surface area (Å²) in [5.74, 6) is 0.825. The van der Waals surface area contributed by atoms with E-state index in [1.807, 2.05) is 6.92 Å². The van der Waals surface area contributed by atoms with E-state index >= 15 is 0 Å². The van der Waals surface area contributed by atoms with Crippen LogP contribution >= 0.6 is 0 Å². The Kier molecular flexibility index (Phi) is 5.07. The van der Waals surface area contributed by atoms with Gasteiger partial charge in [0.25, 0.3) is 0 Å². The number of hydrogen-bond donors (Lipinski definition) is 2. The summed E-state index contributed by atoms with van der Waals surface area (Å²) < 4.78 is 0. The molecule has 0 saturated heterocycles. The molecule has 0 amide bonds. The number of rotatable bonds is 4. The summed E-state index contributed by atoms with van der Waals surface area (Å²) in [5.41, 5.74) is -0.147. The molecular weight excluding hydrogens is 186 g/mol. The summed E-state index contributed by atoms with van der Waals surface area (Å²) in [6, 6.07) is 0. The van der Waals surface area contributed by atoms with E-state index in [0.717, 1.165) is 12.5 Å². The van der Waals surface area contributed by atoms with Gasteiger partial charge in [0.1, 0.15) is 0 Å². The molecule has 90 valence electrons. The predicted octanol–water partition coefficient (Wildman–Crippen LogP) is 2.71. The van der Waals surface area contributed by atoms with Crippen LogP contribution in [0.3, 0.4) is 0 Å². The van der Waals surface area contributed by atoms with E-state index in [0.29, 0.717) is 0 Å². The standard InChI is InChI=1S/C13H27NO/c1-11(15)13(2,3)14-10-12-8-6-4-5-7-9-12/h11-12,14-15H,4-10H2,1-3H3. The van der Waals surface area contributed by atoms with Crippen LogP contribution in [0.1, 0.15) is 59.3 Å². The smallest absolute Gasteiger partial charge is 0.0688 e. The molecule has 0 heterocycles. The third-order valence-electron chi connectivity index (χ3n) is 3.87. The van der Waals surface area contributed by atoms with Crippen LogP contribution in [0.4, 0.5) is 0 Å². The van der Waals surface area contributed by atoms with Crippen molar-refractivity contribution in [3.05, 3.63) is 0 Å². The summed E-state index contributed by atoms with van der Waals surface area (Å²) in [7, 11) is 0. The van der Waals surface area contributed by atoms with Crippen molar-refractivity contribution < 1.29 is 5.11 Å². The van der Waals surface area contributed by atoms with Gasteiger partial charge in [-0.15, -0.1) is 0 Å². The van der Waals surface area contributed by atoms with E-state index in [1.54, 1.807) is 0 Å². The van der Waals surface area contributed by atoms with Crippen LogP contribution in [-0.4, -0.2) is 23.3 Å². The highest BCUT2D eigenvalue weighted by Gasteiger charge is 2.24. The third kappa shape index (κ3) is 4.52. The highest BCUT2D eigenvalue weighted by atomic mass is 16.3. The van der Waals surface area contributed by atoms with Crippen LogP contribution in [0.5, 0.6) is 0 Å². The van der Waals surface area contributed by atoms with E-state index < -0.39 is 0 Å². The van der Waals surface area contributed by atoms with Gasteiger partial charge < -0.3 is 10.4 Å². The normalized spacial score (nSPS) is 22.4. The van der Waals surface area contributed by atoms with E-state index in [1.165, 1.54) is 38.5 Å². The minimum absolute atomic E-state index is 0.147. The second-order valence-electron chi connectivity index (χ2n) is 5.64. The number of hydrogen-bond acceptors (Lipinski definition) is 2. The Balaban J connectivity index is 2.28. The van der Waals surface area contributed by atoms with E-state index in [2.05, 4.69) is 19.2 Å². The SMILES string of the molecule is CC(O)C(C)(C)NCC1CCCCCC1. The molecule has 1 fully saturated rings. The second kappa shape index (κ2) is 5.86. The Morgan fingerprint density at radius 2 is 1.73 bits per heavy atom. The fraction of sp³-hybridized carbons (Fsp3) is 1.00. The van der Waals surface area contributed by atoms with Crippen LogP contribution in [0.25, 0.3) is 0 Å². The maximum atomic E-state index is 9.60. The van der Waals surface area contributed by atoms with Crippen molar-refractivity contribution in [1.29, 1.82) is 0 Å². The molecule has 1 atom stereocenters. The lowest BCUT2D eigenvalue weighted by molar-refractivity contribution is 0.0929. The highest BCUT2D eigenvalue weighted by molar-refractivity contribution is 4.84. The van der Waals surface area contributed by atoms with E-state index in [-0.39, 0.29) is 11.6 Å². The lowest BCUT2D eigenvalue weighted by Gasteiger charge is -2.31. The molecule has 0 bridgehead atoms. The highest BCUT2D eigenvalue weighted by Crippen LogP contribution is 2.23. The zero-order valence-corrected chi connectivity index (χ0v) is 10.6. The van der Waals surface area contributed by atoms with Gasteiger partial charge in [-0.05, 0) is 46.1 Å². The van der Waals surface area contributed by atoms with Crippen LogP contribution in [-0.2, 0) is 0 Å². The van der Waals surface area contributed by atoms with Gasteiger partial charge >= 0.3 is 0 Å². The predicted molar refractivity (Wildman–Crippen MR) is 65.0 cm³/mol. The Bertz CT molecular complexity index is 169. The first-order valence-corrected chi connectivity index (χ1v) is 6.45. The summed E-state index contributed by atoms with van der Waals surface area (Å²) in [6.45, 7) is 7.08. The zero-order chi connectivity index (χ0) is 11.3. The quantitative estimate of drug-likeness (QED) is 0.704. The number of aliphatic hydroxyl groups excluding tert-OH is 1. The Morgan fingerprint density at radius 1 is 1.20 bits per heavy atom. The average Bonchev–Trinajstić information content (AvgIpc) is 2.42. The van der Waals surface area contributed by atoms with Gasteiger partial charge in [0, 0.05) is 5.54 Å². The molecule has 0 aromatic carbocycles. The van der Waals surface area contributed by atoms with Gasteiger partial charge in [0.05, 0.1) is 6.10 Å². The molecule has 0 radical (unpaired) electrons. The fourth-order valence-corrected chi connectivity index (χ4v) is 2.12. The monoisotopic (exact) mass is 213 g/mol. The van der Waals surface area contributed by atoms with Crippen LogP contribution < -0.4 is 5.32 Å². The molecule has 0 aromatic rings. The number of aliphatic hydroxyl groups is 1. The largest absolute Gasteiger partial charge is 0.392 e. The molecule has 1 aliphatic rings. The molecule has 0 aromatic heterocycles. The summed E-state index contributed by atoms with van der Waals surface area (Å²) in [5, 5.41) is 13.1. The van der Waals surface area contributed by atoms with Crippen LogP contribution in [0, 0.1) is 5.92 Å². The van der Waals surface area contributed by atoms with Crippen LogP contribution in [0.15, 0.2) is 0 Å². The molecule has 2 heteroatoms. The Hall–Kier alpha value is -0.0800. The molecule has 2 nitrogen and oxygen atoms in total. The molecule has 1 rings (SSSR count). The third-order valence-corrected chi connectivity index (χ3v) is 3.87. The lowest BCUT2D eigenvalue weighted by atomic mass is 9.95. The zero-order valence-electron chi connectivity index (χ0n) is 10.6. The summed E-state index contributed by atoms with van der Waals surface area (Å²) in [4.78, 5) is 0. The van der Waals surface area contributed by atoms with E-state index in [4.69, 9.17) is 0 Å². The van der Waals surface area contributed by atoms with Crippen molar-refractivity contribution in [2.24, 2.45) is 5.92 Å². The molecule has 0 spiro atoms. The maximum Gasteiger partial charge on any atom is 0.0688 e. The summed E-state index contributed by atoms with van der Waals surface area (Å²) in [6.07, 6.45) is 8.05. The molecule has 2 N–H and O–H groups in total. The first-order chi connectivity index (χ1) is 7.02. The van der Waals surface area contributed by atoms with Crippen molar-refractivity contribution in [3.63, 3.8) is 0 Å². The molecule has 1 aliphatic carbocycles. The fourth-order valence-electron chi connectivity index (χ4n) is 2.12. The van der Waals surface area contributed by atoms with Crippen molar-refractivity contribution in [2.45, 2.75) is 70.9 Å². The van der Waals surface area contributed by atoms with Gasteiger partial charge in [-0.3, -0.25) is 0 Å². The second-order valence-corrected chi connectivity index (χ2v) is 5.64. The Morgan fingerprint density at radius 3 is 2.20 bits per heavy atom. The topological polar surface area (TPSA) is 32.3 Å². The average molecular weight is 213 g/mol. The van der Waals surface area contributed by atoms with Gasteiger partial charge in [-0.1, -0.05) is 25.7 Å². The van der Waals surface area contributed by atoms with Crippen molar-refractivity contribution in [3.8, 4) is 0 Å².